The first-order valence-corrected chi connectivity index (χ1v) is 10.7. The van der Waals surface area contributed by atoms with Gasteiger partial charge in [0.2, 0.25) is 0 Å². The lowest BCUT2D eigenvalue weighted by Gasteiger charge is -2.25. The average Bonchev–Trinajstić information content (AvgIpc) is 2.83. The van der Waals surface area contributed by atoms with Crippen molar-refractivity contribution >= 4 is 17.6 Å². The lowest BCUT2D eigenvalue weighted by Crippen LogP contribution is -2.31. The van der Waals surface area contributed by atoms with E-state index in [4.69, 9.17) is 23.7 Å². The molecule has 0 N–H and O–H groups in total. The van der Waals surface area contributed by atoms with Crippen LogP contribution in [-0.4, -0.2) is 79.3 Å². The maximum Gasteiger partial charge on any atom is 0.118 e. The molecule has 0 bridgehead atoms. The molecule has 0 unspecified atom stereocenters. The Kier molecular flexibility index (Phi) is 10.3. The predicted molar refractivity (Wildman–Crippen MR) is 122 cm³/mol. The van der Waals surface area contributed by atoms with Crippen molar-refractivity contribution < 1.29 is 23.7 Å². The van der Waals surface area contributed by atoms with Crippen molar-refractivity contribution in [1.82, 2.24) is 0 Å². The molecule has 0 aromatic heterocycles. The number of anilines is 1. The van der Waals surface area contributed by atoms with Crippen LogP contribution in [0.2, 0.25) is 0 Å². The van der Waals surface area contributed by atoms with Crippen LogP contribution in [0.1, 0.15) is 5.56 Å². The van der Waals surface area contributed by atoms with Crippen molar-refractivity contribution in [2.24, 2.45) is 4.99 Å². The van der Waals surface area contributed by atoms with Gasteiger partial charge in [-0.05, 0) is 54.1 Å². The van der Waals surface area contributed by atoms with E-state index in [-0.39, 0.29) is 0 Å². The molecule has 0 radical (unpaired) electrons. The first-order chi connectivity index (χ1) is 15.3. The number of nitrogens with zero attached hydrogens (tertiary/aromatic N) is 2. The molecule has 7 heteroatoms. The molecule has 2 aromatic rings. The van der Waals surface area contributed by atoms with Crippen LogP contribution in [0.3, 0.4) is 0 Å². The molecule has 2 aromatic carbocycles. The first-order valence-electron chi connectivity index (χ1n) is 10.7. The smallest absolute Gasteiger partial charge is 0.118 e. The third-order valence-corrected chi connectivity index (χ3v) is 4.82. The zero-order valence-corrected chi connectivity index (χ0v) is 18.2. The summed E-state index contributed by atoms with van der Waals surface area (Å²) in [5, 5.41) is 0. The summed E-state index contributed by atoms with van der Waals surface area (Å²) in [6.07, 6.45) is 1.85. The minimum atomic E-state index is 0.584. The maximum absolute atomic E-state index is 5.71. The Morgan fingerprint density at radius 2 is 1.23 bits per heavy atom. The van der Waals surface area contributed by atoms with Gasteiger partial charge in [0.15, 0.2) is 0 Å². The van der Waals surface area contributed by atoms with Crippen LogP contribution in [0, 0.1) is 0 Å². The number of rotatable bonds is 4. The minimum absolute atomic E-state index is 0.584. The maximum atomic E-state index is 5.71. The van der Waals surface area contributed by atoms with Crippen molar-refractivity contribution in [1.29, 1.82) is 0 Å². The Bertz CT molecular complexity index is 749. The van der Waals surface area contributed by atoms with E-state index in [2.05, 4.69) is 22.0 Å². The van der Waals surface area contributed by atoms with E-state index in [1.807, 2.05) is 42.6 Å². The second kappa shape index (κ2) is 13.8. The number of ether oxygens (including phenoxy) is 5. The van der Waals surface area contributed by atoms with Crippen LogP contribution in [0.15, 0.2) is 53.5 Å². The normalized spacial score (nSPS) is 17.8. The molecular formula is C24H32N2O5. The van der Waals surface area contributed by atoms with E-state index in [0.717, 1.165) is 35.8 Å². The molecule has 0 saturated carbocycles. The van der Waals surface area contributed by atoms with Crippen LogP contribution < -0.4 is 9.64 Å². The fraction of sp³-hybridized carbons (Fsp3) is 0.458. The van der Waals surface area contributed by atoms with Crippen LogP contribution in [0.5, 0.6) is 5.75 Å². The minimum Gasteiger partial charge on any atom is -0.497 e. The van der Waals surface area contributed by atoms with Gasteiger partial charge < -0.3 is 28.6 Å². The van der Waals surface area contributed by atoms with E-state index in [1.54, 1.807) is 7.11 Å². The molecule has 1 aliphatic rings. The lowest BCUT2D eigenvalue weighted by atomic mass is 10.2. The Morgan fingerprint density at radius 3 is 1.74 bits per heavy atom. The van der Waals surface area contributed by atoms with E-state index >= 15 is 0 Å². The molecule has 1 heterocycles. The van der Waals surface area contributed by atoms with Gasteiger partial charge in [-0.3, -0.25) is 4.99 Å². The Hall–Kier alpha value is -2.45. The van der Waals surface area contributed by atoms with Crippen LogP contribution in [0.25, 0.3) is 0 Å². The summed E-state index contributed by atoms with van der Waals surface area (Å²) in [4.78, 5) is 6.83. The van der Waals surface area contributed by atoms with Gasteiger partial charge in [0, 0.05) is 25.0 Å². The fourth-order valence-electron chi connectivity index (χ4n) is 3.07. The van der Waals surface area contributed by atoms with Gasteiger partial charge >= 0.3 is 0 Å². The number of aliphatic imine (C=N–C) groups is 1. The van der Waals surface area contributed by atoms with Crippen molar-refractivity contribution in [3.63, 3.8) is 0 Å². The van der Waals surface area contributed by atoms with E-state index < -0.39 is 0 Å². The van der Waals surface area contributed by atoms with Gasteiger partial charge in [-0.15, -0.1) is 0 Å². The monoisotopic (exact) mass is 428 g/mol. The molecule has 7 nitrogen and oxygen atoms in total. The second-order valence-electron chi connectivity index (χ2n) is 6.98. The summed E-state index contributed by atoms with van der Waals surface area (Å²) < 4.78 is 27.6. The van der Waals surface area contributed by atoms with Crippen LogP contribution in [0.4, 0.5) is 11.4 Å². The molecule has 3 rings (SSSR count). The van der Waals surface area contributed by atoms with E-state index in [1.165, 1.54) is 0 Å². The Labute approximate surface area is 184 Å². The Balaban J connectivity index is 1.56. The molecule has 168 valence electrons. The molecule has 1 fully saturated rings. The fourth-order valence-corrected chi connectivity index (χ4v) is 3.07. The first kappa shape index (κ1) is 23.2. The summed E-state index contributed by atoms with van der Waals surface area (Å²) in [6.45, 7) is 6.36. The number of methoxy groups -OCH3 is 1. The molecule has 0 aliphatic carbocycles. The lowest BCUT2D eigenvalue weighted by molar-refractivity contribution is 0.00206. The van der Waals surface area contributed by atoms with Gasteiger partial charge in [0.05, 0.1) is 65.7 Å². The van der Waals surface area contributed by atoms with Crippen LogP contribution >= 0.6 is 0 Å². The van der Waals surface area contributed by atoms with Gasteiger partial charge in [0.25, 0.3) is 0 Å². The topological polar surface area (TPSA) is 61.8 Å². The molecule has 1 aliphatic heterocycles. The number of benzene rings is 2. The number of hydrogen-bond acceptors (Lipinski definition) is 7. The standard InChI is InChI=1S/C24H32N2O5/c1-27-24-8-2-21(3-9-24)20-25-22-4-6-23(7-5-22)26-10-12-28-14-16-30-18-19-31-17-15-29-13-11-26/h2-9,20H,10-19H2,1H3. The van der Waals surface area contributed by atoms with Gasteiger partial charge in [0.1, 0.15) is 5.75 Å². The number of hydrogen-bond donors (Lipinski definition) is 0. The summed E-state index contributed by atoms with van der Waals surface area (Å²) in [6, 6.07) is 16.0. The molecule has 31 heavy (non-hydrogen) atoms. The van der Waals surface area contributed by atoms with E-state index in [0.29, 0.717) is 52.9 Å². The zero-order chi connectivity index (χ0) is 21.6. The highest BCUT2D eigenvalue weighted by molar-refractivity contribution is 5.82. The highest BCUT2D eigenvalue weighted by Crippen LogP contribution is 2.20. The summed E-state index contributed by atoms with van der Waals surface area (Å²) in [5.74, 6) is 0.835. The summed E-state index contributed by atoms with van der Waals surface area (Å²) in [5.41, 5.74) is 3.05. The van der Waals surface area contributed by atoms with E-state index in [9.17, 15) is 0 Å². The van der Waals surface area contributed by atoms with Crippen LogP contribution in [-0.2, 0) is 18.9 Å². The van der Waals surface area contributed by atoms with Gasteiger partial charge in [-0.1, -0.05) is 0 Å². The SMILES string of the molecule is COc1ccc(C=Nc2ccc(N3CCOCCOCCOCCOCC3)cc2)cc1. The zero-order valence-electron chi connectivity index (χ0n) is 18.2. The summed E-state index contributed by atoms with van der Waals surface area (Å²) in [7, 11) is 1.66. The molecule has 0 atom stereocenters. The molecule has 0 amide bonds. The van der Waals surface area contributed by atoms with Crippen molar-refractivity contribution in [3.05, 3.63) is 54.1 Å². The molecule has 0 spiro atoms. The highest BCUT2D eigenvalue weighted by Gasteiger charge is 2.07. The molecule has 1 saturated heterocycles. The van der Waals surface area contributed by atoms with Crippen molar-refractivity contribution in [2.45, 2.75) is 0 Å². The van der Waals surface area contributed by atoms with Gasteiger partial charge in [-0.2, -0.15) is 0 Å². The average molecular weight is 429 g/mol. The highest BCUT2D eigenvalue weighted by atomic mass is 16.6. The molecular weight excluding hydrogens is 396 g/mol. The second-order valence-corrected chi connectivity index (χ2v) is 6.98. The van der Waals surface area contributed by atoms with Crippen molar-refractivity contribution in [2.75, 3.05) is 78.0 Å². The third-order valence-electron chi connectivity index (χ3n) is 4.82. The van der Waals surface area contributed by atoms with Gasteiger partial charge in [-0.25, -0.2) is 0 Å². The van der Waals surface area contributed by atoms with Crippen molar-refractivity contribution in [3.8, 4) is 5.75 Å². The quantitative estimate of drug-likeness (QED) is 0.696. The predicted octanol–water partition coefficient (Wildman–Crippen LogP) is 3.33. The largest absolute Gasteiger partial charge is 0.497 e. The third kappa shape index (κ3) is 8.67. The summed E-state index contributed by atoms with van der Waals surface area (Å²) >= 11 is 0. The Morgan fingerprint density at radius 1 is 0.710 bits per heavy atom.